The van der Waals surface area contributed by atoms with Gasteiger partial charge in [0.25, 0.3) is 0 Å². The predicted molar refractivity (Wildman–Crippen MR) is 82.7 cm³/mol. The van der Waals surface area contributed by atoms with Crippen LogP contribution in [0.5, 0.6) is 0 Å². The van der Waals surface area contributed by atoms with Crippen molar-refractivity contribution >= 4 is 0 Å². The standard InChI is InChI=1S/C17H24N2O/c1-6-18-12(2)16-19-11-15(20-16)13-7-9-14(10-8-13)17(3,4)5/h7-12,18H,6H2,1-5H3. The van der Waals surface area contributed by atoms with Crippen LogP contribution in [0, 0.1) is 0 Å². The van der Waals surface area contributed by atoms with Crippen molar-refractivity contribution in [3.63, 3.8) is 0 Å². The van der Waals surface area contributed by atoms with Gasteiger partial charge in [-0.05, 0) is 24.4 Å². The van der Waals surface area contributed by atoms with E-state index >= 15 is 0 Å². The maximum atomic E-state index is 5.84. The summed E-state index contributed by atoms with van der Waals surface area (Å²) in [6, 6.07) is 8.66. The van der Waals surface area contributed by atoms with Crippen molar-refractivity contribution in [2.45, 2.75) is 46.1 Å². The van der Waals surface area contributed by atoms with Gasteiger partial charge >= 0.3 is 0 Å². The van der Waals surface area contributed by atoms with Crippen molar-refractivity contribution in [2.75, 3.05) is 6.54 Å². The Morgan fingerprint density at radius 3 is 2.40 bits per heavy atom. The highest BCUT2D eigenvalue weighted by Crippen LogP contribution is 2.27. The summed E-state index contributed by atoms with van der Waals surface area (Å²) in [6.07, 6.45) is 1.80. The molecule has 0 fully saturated rings. The number of benzene rings is 1. The average Bonchev–Trinajstić information content (AvgIpc) is 2.88. The first kappa shape index (κ1) is 14.8. The van der Waals surface area contributed by atoms with Crippen LogP contribution in [-0.4, -0.2) is 11.5 Å². The lowest BCUT2D eigenvalue weighted by Gasteiger charge is -2.18. The van der Waals surface area contributed by atoms with Crippen LogP contribution in [0.25, 0.3) is 11.3 Å². The molecule has 20 heavy (non-hydrogen) atoms. The Bertz CT molecular complexity index is 549. The maximum Gasteiger partial charge on any atom is 0.211 e. The van der Waals surface area contributed by atoms with E-state index in [1.807, 2.05) is 0 Å². The summed E-state index contributed by atoms with van der Waals surface area (Å²) >= 11 is 0. The molecule has 2 rings (SSSR count). The van der Waals surface area contributed by atoms with Gasteiger partial charge in [0.15, 0.2) is 5.76 Å². The summed E-state index contributed by atoms with van der Waals surface area (Å²) < 4.78 is 5.84. The van der Waals surface area contributed by atoms with Crippen molar-refractivity contribution < 1.29 is 4.42 Å². The molecule has 3 nitrogen and oxygen atoms in total. The fourth-order valence-corrected chi connectivity index (χ4v) is 2.15. The van der Waals surface area contributed by atoms with Crippen LogP contribution in [-0.2, 0) is 5.41 Å². The second-order valence-corrected chi connectivity index (χ2v) is 6.17. The lowest BCUT2D eigenvalue weighted by molar-refractivity contribution is 0.429. The van der Waals surface area contributed by atoms with Crippen LogP contribution < -0.4 is 5.32 Å². The fraction of sp³-hybridized carbons (Fsp3) is 0.471. The number of hydrogen-bond acceptors (Lipinski definition) is 3. The van der Waals surface area contributed by atoms with Crippen LogP contribution >= 0.6 is 0 Å². The highest BCUT2D eigenvalue weighted by molar-refractivity contribution is 5.57. The molecule has 0 bridgehead atoms. The number of nitrogens with zero attached hydrogens (tertiary/aromatic N) is 1. The zero-order valence-corrected chi connectivity index (χ0v) is 13.0. The van der Waals surface area contributed by atoms with Gasteiger partial charge in [0.2, 0.25) is 5.89 Å². The lowest BCUT2D eigenvalue weighted by atomic mass is 9.86. The molecule has 1 atom stereocenters. The van der Waals surface area contributed by atoms with Crippen LogP contribution in [0.15, 0.2) is 34.9 Å². The van der Waals surface area contributed by atoms with E-state index in [-0.39, 0.29) is 11.5 Å². The molecule has 0 aliphatic carbocycles. The van der Waals surface area contributed by atoms with Gasteiger partial charge in [-0.2, -0.15) is 0 Å². The highest BCUT2D eigenvalue weighted by Gasteiger charge is 2.15. The number of oxazole rings is 1. The molecule has 1 unspecified atom stereocenters. The quantitative estimate of drug-likeness (QED) is 0.901. The van der Waals surface area contributed by atoms with Crippen molar-refractivity contribution in [1.82, 2.24) is 10.3 Å². The van der Waals surface area contributed by atoms with Crippen molar-refractivity contribution in [1.29, 1.82) is 0 Å². The smallest absolute Gasteiger partial charge is 0.211 e. The SMILES string of the molecule is CCNC(C)c1ncc(-c2ccc(C(C)(C)C)cc2)o1. The van der Waals surface area contributed by atoms with Crippen LogP contribution in [0.3, 0.4) is 0 Å². The Labute approximate surface area is 121 Å². The van der Waals surface area contributed by atoms with Crippen molar-refractivity contribution in [3.05, 3.63) is 41.9 Å². The third-order valence-electron chi connectivity index (χ3n) is 3.44. The Hall–Kier alpha value is -1.61. The summed E-state index contributed by atoms with van der Waals surface area (Å²) in [4.78, 5) is 4.35. The molecular weight excluding hydrogens is 248 g/mol. The summed E-state index contributed by atoms with van der Waals surface area (Å²) in [6.45, 7) is 11.7. The van der Waals surface area contributed by atoms with Gasteiger partial charge in [-0.3, -0.25) is 0 Å². The van der Waals surface area contributed by atoms with E-state index in [9.17, 15) is 0 Å². The summed E-state index contributed by atoms with van der Waals surface area (Å²) in [7, 11) is 0. The van der Waals surface area contributed by atoms with Crippen LogP contribution in [0.2, 0.25) is 0 Å². The summed E-state index contributed by atoms with van der Waals surface area (Å²) in [5.41, 5.74) is 2.56. The normalized spacial score (nSPS) is 13.4. The second-order valence-electron chi connectivity index (χ2n) is 6.17. The Balaban J connectivity index is 2.20. The van der Waals surface area contributed by atoms with Gasteiger partial charge in [0.1, 0.15) is 0 Å². The monoisotopic (exact) mass is 272 g/mol. The molecule has 0 saturated heterocycles. The zero-order chi connectivity index (χ0) is 14.8. The molecule has 3 heteroatoms. The largest absolute Gasteiger partial charge is 0.439 e. The molecule has 108 valence electrons. The van der Waals surface area contributed by atoms with E-state index in [1.54, 1.807) is 6.20 Å². The molecule has 0 spiro atoms. The number of rotatable bonds is 4. The van der Waals surface area contributed by atoms with E-state index in [0.29, 0.717) is 0 Å². The van der Waals surface area contributed by atoms with Gasteiger partial charge in [-0.1, -0.05) is 52.0 Å². The van der Waals surface area contributed by atoms with E-state index in [1.165, 1.54) is 5.56 Å². The first-order chi connectivity index (χ1) is 9.41. The van der Waals surface area contributed by atoms with E-state index in [2.05, 4.69) is 69.2 Å². The Morgan fingerprint density at radius 1 is 1.20 bits per heavy atom. The molecular formula is C17H24N2O. The molecule has 1 heterocycles. The van der Waals surface area contributed by atoms with Crippen LogP contribution in [0.4, 0.5) is 0 Å². The third kappa shape index (κ3) is 3.28. The molecule has 1 aromatic carbocycles. The minimum Gasteiger partial charge on any atom is -0.439 e. The van der Waals surface area contributed by atoms with Gasteiger partial charge in [-0.15, -0.1) is 0 Å². The summed E-state index contributed by atoms with van der Waals surface area (Å²) in [5, 5.41) is 3.30. The first-order valence-electron chi connectivity index (χ1n) is 7.22. The molecule has 1 N–H and O–H groups in total. The topological polar surface area (TPSA) is 38.1 Å². The molecule has 0 saturated carbocycles. The minimum atomic E-state index is 0.141. The van der Waals surface area contributed by atoms with E-state index in [0.717, 1.165) is 23.8 Å². The highest BCUT2D eigenvalue weighted by atomic mass is 16.4. The zero-order valence-electron chi connectivity index (χ0n) is 13.0. The molecule has 1 aromatic heterocycles. The van der Waals surface area contributed by atoms with Gasteiger partial charge in [0.05, 0.1) is 12.2 Å². The molecule has 0 radical (unpaired) electrons. The molecule has 2 aromatic rings. The van der Waals surface area contributed by atoms with E-state index in [4.69, 9.17) is 4.42 Å². The average molecular weight is 272 g/mol. The fourth-order valence-electron chi connectivity index (χ4n) is 2.15. The van der Waals surface area contributed by atoms with Gasteiger partial charge in [-0.25, -0.2) is 4.98 Å². The number of aromatic nitrogens is 1. The summed E-state index contributed by atoms with van der Waals surface area (Å²) in [5.74, 6) is 1.56. The maximum absolute atomic E-state index is 5.84. The van der Waals surface area contributed by atoms with Gasteiger partial charge < -0.3 is 9.73 Å². The van der Waals surface area contributed by atoms with E-state index < -0.39 is 0 Å². The van der Waals surface area contributed by atoms with Crippen LogP contribution in [0.1, 0.15) is 52.1 Å². The molecule has 0 aliphatic heterocycles. The van der Waals surface area contributed by atoms with Gasteiger partial charge in [0, 0.05) is 5.56 Å². The third-order valence-corrected chi connectivity index (χ3v) is 3.44. The first-order valence-corrected chi connectivity index (χ1v) is 7.22. The minimum absolute atomic E-state index is 0.141. The predicted octanol–water partition coefficient (Wildman–Crippen LogP) is 4.31. The number of nitrogens with one attached hydrogen (secondary N) is 1. The second kappa shape index (κ2) is 5.80. The number of hydrogen-bond donors (Lipinski definition) is 1. The molecule has 0 amide bonds. The Morgan fingerprint density at radius 2 is 1.85 bits per heavy atom. The van der Waals surface area contributed by atoms with Crippen molar-refractivity contribution in [3.8, 4) is 11.3 Å². The Kier molecular flexibility index (Phi) is 4.29. The van der Waals surface area contributed by atoms with Crippen molar-refractivity contribution in [2.24, 2.45) is 0 Å². The lowest BCUT2D eigenvalue weighted by Crippen LogP contribution is -2.17. The molecule has 0 aliphatic rings.